The summed E-state index contributed by atoms with van der Waals surface area (Å²) in [5.74, 6) is 0.767. The third-order valence-corrected chi connectivity index (χ3v) is 10.5. The van der Waals surface area contributed by atoms with Crippen molar-refractivity contribution in [2.24, 2.45) is 11.8 Å². The quantitative estimate of drug-likeness (QED) is 0.0352. The number of esters is 3. The molecule has 0 saturated heterocycles. The van der Waals surface area contributed by atoms with Crippen LogP contribution < -0.4 is 0 Å². The van der Waals surface area contributed by atoms with Crippen LogP contribution in [0.3, 0.4) is 0 Å². The minimum Gasteiger partial charge on any atom is -0.462 e. The second-order valence-corrected chi connectivity index (χ2v) is 17.0. The van der Waals surface area contributed by atoms with Crippen molar-refractivity contribution < 1.29 is 28.6 Å². The third-order valence-electron chi connectivity index (χ3n) is 10.5. The topological polar surface area (TPSA) is 78.9 Å². The van der Waals surface area contributed by atoms with Crippen LogP contribution in [-0.2, 0) is 28.6 Å². The number of unbranched alkanes of at least 4 members (excludes halogenated alkanes) is 26. The highest BCUT2D eigenvalue weighted by molar-refractivity contribution is 5.71. The van der Waals surface area contributed by atoms with Gasteiger partial charge in [0.05, 0.1) is 0 Å². The van der Waals surface area contributed by atoms with Crippen molar-refractivity contribution in [3.8, 4) is 0 Å². The average molecular weight is 751 g/mol. The lowest BCUT2D eigenvalue weighted by Crippen LogP contribution is -2.30. The molecule has 314 valence electrons. The average Bonchev–Trinajstić information content (AvgIpc) is 3.12. The van der Waals surface area contributed by atoms with Crippen molar-refractivity contribution in [2.45, 2.75) is 259 Å². The van der Waals surface area contributed by atoms with Crippen molar-refractivity contribution in [3.63, 3.8) is 0 Å². The molecule has 0 heterocycles. The number of carbonyl (C=O) groups is 3. The Morgan fingerprint density at radius 2 is 0.623 bits per heavy atom. The smallest absolute Gasteiger partial charge is 0.306 e. The van der Waals surface area contributed by atoms with Crippen molar-refractivity contribution in [3.05, 3.63) is 0 Å². The van der Waals surface area contributed by atoms with Gasteiger partial charge in [0.15, 0.2) is 6.10 Å². The summed E-state index contributed by atoms with van der Waals surface area (Å²) in [5.41, 5.74) is 0. The zero-order valence-corrected chi connectivity index (χ0v) is 36.1. The number of rotatable bonds is 41. The van der Waals surface area contributed by atoms with Gasteiger partial charge in [-0.15, -0.1) is 0 Å². The van der Waals surface area contributed by atoms with Gasteiger partial charge in [-0.3, -0.25) is 14.4 Å². The molecule has 53 heavy (non-hydrogen) atoms. The van der Waals surface area contributed by atoms with E-state index in [9.17, 15) is 14.4 Å². The van der Waals surface area contributed by atoms with E-state index in [2.05, 4.69) is 34.6 Å². The van der Waals surface area contributed by atoms with Crippen LogP contribution >= 0.6 is 0 Å². The molecule has 6 nitrogen and oxygen atoms in total. The molecular formula is C47H90O6. The lowest BCUT2D eigenvalue weighted by Gasteiger charge is -2.18. The van der Waals surface area contributed by atoms with Crippen LogP contribution in [0.1, 0.15) is 253 Å². The Morgan fingerprint density at radius 3 is 0.925 bits per heavy atom. The summed E-state index contributed by atoms with van der Waals surface area (Å²) >= 11 is 0. The number of ether oxygens (including phenoxy) is 3. The minimum atomic E-state index is -0.760. The fraction of sp³-hybridized carbons (Fsp3) is 0.936. The minimum absolute atomic E-state index is 0.0651. The van der Waals surface area contributed by atoms with E-state index >= 15 is 0 Å². The molecule has 0 aromatic carbocycles. The maximum absolute atomic E-state index is 12.7. The Hall–Kier alpha value is -1.59. The Labute approximate surface area is 329 Å². The lowest BCUT2D eigenvalue weighted by molar-refractivity contribution is -0.167. The molecule has 0 fully saturated rings. The molecule has 0 aliphatic carbocycles. The zero-order valence-electron chi connectivity index (χ0n) is 36.1. The predicted octanol–water partition coefficient (Wildman–Crippen LogP) is 14.6. The van der Waals surface area contributed by atoms with E-state index in [1.165, 1.54) is 141 Å². The van der Waals surface area contributed by atoms with Gasteiger partial charge in [0.2, 0.25) is 0 Å². The van der Waals surface area contributed by atoms with Crippen molar-refractivity contribution in [2.75, 3.05) is 13.2 Å². The summed E-state index contributed by atoms with van der Waals surface area (Å²) in [6, 6.07) is 0. The molecule has 0 amide bonds. The predicted molar refractivity (Wildman–Crippen MR) is 224 cm³/mol. The van der Waals surface area contributed by atoms with Crippen LogP contribution in [0.5, 0.6) is 0 Å². The van der Waals surface area contributed by atoms with E-state index in [4.69, 9.17) is 14.2 Å². The first-order chi connectivity index (χ1) is 25.7. The molecule has 1 atom stereocenters. The summed E-state index contributed by atoms with van der Waals surface area (Å²) in [6.45, 7) is 11.3. The second-order valence-electron chi connectivity index (χ2n) is 17.0. The van der Waals surface area contributed by atoms with E-state index in [0.717, 1.165) is 69.6 Å². The summed E-state index contributed by atoms with van der Waals surface area (Å²) in [4.78, 5) is 37.7. The summed E-state index contributed by atoms with van der Waals surface area (Å²) in [6.07, 6.45) is 38.1. The van der Waals surface area contributed by atoms with E-state index in [1.54, 1.807) is 0 Å². The Bertz CT molecular complexity index is 809. The van der Waals surface area contributed by atoms with E-state index in [1.807, 2.05) is 0 Å². The standard InChI is InChI=1S/C47H90O6/c1-6-7-8-9-10-15-22-27-32-37-45(48)51-40-44(53-47(50)39-34-29-24-19-18-21-26-31-36-43(4)5)41-52-46(49)38-33-28-23-17-14-12-11-13-16-20-25-30-35-42(2)3/h42-44H,6-41H2,1-5H3/t44-/m1/s1. The maximum Gasteiger partial charge on any atom is 0.306 e. The van der Waals surface area contributed by atoms with Gasteiger partial charge in [0.25, 0.3) is 0 Å². The Balaban J connectivity index is 4.29. The fourth-order valence-corrected chi connectivity index (χ4v) is 6.93. The highest BCUT2D eigenvalue weighted by Gasteiger charge is 2.19. The molecule has 0 saturated carbocycles. The monoisotopic (exact) mass is 751 g/mol. The Kier molecular flexibility index (Phi) is 38.9. The summed E-state index contributed by atoms with van der Waals surface area (Å²) in [5, 5.41) is 0. The number of hydrogen-bond acceptors (Lipinski definition) is 6. The van der Waals surface area contributed by atoms with Gasteiger partial charge in [-0.25, -0.2) is 0 Å². The second kappa shape index (κ2) is 40.1. The van der Waals surface area contributed by atoms with E-state index in [0.29, 0.717) is 19.3 Å². The SMILES string of the molecule is CCCCCCCCCCCC(=O)OC[C@H](COC(=O)CCCCCCCCCCCCCCC(C)C)OC(=O)CCCCCCCCCCC(C)C. The van der Waals surface area contributed by atoms with Gasteiger partial charge in [-0.1, -0.05) is 214 Å². The molecule has 0 bridgehead atoms. The van der Waals surface area contributed by atoms with Crippen LogP contribution in [0.15, 0.2) is 0 Å². The van der Waals surface area contributed by atoms with Gasteiger partial charge in [0, 0.05) is 19.3 Å². The van der Waals surface area contributed by atoms with Crippen molar-refractivity contribution in [1.82, 2.24) is 0 Å². The maximum atomic E-state index is 12.7. The van der Waals surface area contributed by atoms with E-state index < -0.39 is 6.10 Å². The summed E-state index contributed by atoms with van der Waals surface area (Å²) < 4.78 is 16.7. The molecule has 6 heteroatoms. The van der Waals surface area contributed by atoms with Crippen LogP contribution in [0.4, 0.5) is 0 Å². The van der Waals surface area contributed by atoms with Gasteiger partial charge < -0.3 is 14.2 Å². The molecule has 0 aromatic heterocycles. The van der Waals surface area contributed by atoms with Crippen molar-refractivity contribution >= 4 is 17.9 Å². The van der Waals surface area contributed by atoms with Crippen LogP contribution in [0.2, 0.25) is 0 Å². The number of hydrogen-bond donors (Lipinski definition) is 0. The molecule has 0 aliphatic heterocycles. The first kappa shape index (κ1) is 51.4. The number of carbonyl (C=O) groups excluding carboxylic acids is 3. The van der Waals surface area contributed by atoms with Gasteiger partial charge in [0.1, 0.15) is 13.2 Å². The lowest BCUT2D eigenvalue weighted by atomic mass is 10.0. The molecule has 0 rings (SSSR count). The molecule has 0 aromatic rings. The van der Waals surface area contributed by atoms with Crippen LogP contribution in [0, 0.1) is 11.8 Å². The fourth-order valence-electron chi connectivity index (χ4n) is 6.93. The van der Waals surface area contributed by atoms with Crippen LogP contribution in [-0.4, -0.2) is 37.2 Å². The van der Waals surface area contributed by atoms with Gasteiger partial charge in [-0.2, -0.15) is 0 Å². The van der Waals surface area contributed by atoms with Gasteiger partial charge >= 0.3 is 17.9 Å². The zero-order chi connectivity index (χ0) is 39.0. The Morgan fingerprint density at radius 1 is 0.358 bits per heavy atom. The van der Waals surface area contributed by atoms with E-state index in [-0.39, 0.29) is 31.1 Å². The molecule has 0 unspecified atom stereocenters. The molecule has 0 aliphatic rings. The highest BCUT2D eigenvalue weighted by atomic mass is 16.6. The van der Waals surface area contributed by atoms with Crippen molar-refractivity contribution in [1.29, 1.82) is 0 Å². The van der Waals surface area contributed by atoms with Gasteiger partial charge in [-0.05, 0) is 31.1 Å². The molecule has 0 N–H and O–H groups in total. The van der Waals surface area contributed by atoms with Crippen LogP contribution in [0.25, 0.3) is 0 Å². The first-order valence-corrected chi connectivity index (χ1v) is 23.2. The molecule has 0 radical (unpaired) electrons. The first-order valence-electron chi connectivity index (χ1n) is 23.2. The molecule has 0 spiro atoms. The summed E-state index contributed by atoms with van der Waals surface area (Å²) in [7, 11) is 0. The highest BCUT2D eigenvalue weighted by Crippen LogP contribution is 2.16. The largest absolute Gasteiger partial charge is 0.462 e. The third kappa shape index (κ3) is 41.4. The normalized spacial score (nSPS) is 12.1. The molecular weight excluding hydrogens is 661 g/mol.